The Morgan fingerprint density at radius 3 is 2.88 bits per heavy atom. The van der Waals surface area contributed by atoms with E-state index < -0.39 is 6.04 Å². The number of carbonyl (C=O) groups is 2. The molecule has 0 spiro atoms. The number of carbonyl (C=O) groups excluding carboxylic acids is 2. The summed E-state index contributed by atoms with van der Waals surface area (Å²) in [6.45, 7) is 1.24. The fourth-order valence-electron chi connectivity index (χ4n) is 4.07. The van der Waals surface area contributed by atoms with Gasteiger partial charge in [0, 0.05) is 49.2 Å². The smallest absolute Gasteiger partial charge is 0.270 e. The van der Waals surface area contributed by atoms with Crippen LogP contribution >= 0.6 is 11.6 Å². The third-order valence-corrected chi connectivity index (χ3v) is 5.98. The quantitative estimate of drug-likeness (QED) is 0.513. The van der Waals surface area contributed by atoms with Crippen LogP contribution in [0.3, 0.4) is 0 Å². The number of benzene rings is 1. The first kappa shape index (κ1) is 22.0. The number of nitrogens with one attached hydrogen (secondary N) is 2. The van der Waals surface area contributed by atoms with Gasteiger partial charge in [-0.05, 0) is 59.9 Å². The number of likely N-dealkylation sites (tertiary alicyclic amines) is 1. The zero-order valence-electron chi connectivity index (χ0n) is 17.7. The summed E-state index contributed by atoms with van der Waals surface area (Å²) in [7, 11) is 0. The molecule has 4 rings (SSSR count). The standard InChI is InChI=1S/C24H26ClN5O2/c25-19-7-6-17(13-26)18(12-19)15-29-23(31)22-5-3-9-30(22)24(32)21-11-16(14-28-21)10-20-4-1-2-8-27-20/h1-2,4,6-8,11-12,14,22,28H,3,5,9-10,13,15,26H2,(H,29,31)/t22-/m0/s1. The molecule has 0 bridgehead atoms. The molecule has 0 saturated carbocycles. The molecule has 1 aromatic carbocycles. The van der Waals surface area contributed by atoms with Gasteiger partial charge in [0.25, 0.3) is 5.91 Å². The molecule has 4 N–H and O–H groups in total. The molecule has 8 heteroatoms. The van der Waals surface area contributed by atoms with Crippen molar-refractivity contribution in [3.63, 3.8) is 0 Å². The number of aromatic amines is 1. The van der Waals surface area contributed by atoms with E-state index in [1.54, 1.807) is 17.2 Å². The largest absolute Gasteiger partial charge is 0.357 e. The van der Waals surface area contributed by atoms with Crippen molar-refractivity contribution < 1.29 is 9.59 Å². The van der Waals surface area contributed by atoms with E-state index in [4.69, 9.17) is 17.3 Å². The summed E-state index contributed by atoms with van der Waals surface area (Å²) in [4.78, 5) is 35.1. The van der Waals surface area contributed by atoms with Gasteiger partial charge >= 0.3 is 0 Å². The Morgan fingerprint density at radius 2 is 2.09 bits per heavy atom. The number of amides is 2. The number of hydrogen-bond acceptors (Lipinski definition) is 4. The van der Waals surface area contributed by atoms with Gasteiger partial charge in [0.15, 0.2) is 0 Å². The van der Waals surface area contributed by atoms with E-state index in [0.29, 0.717) is 43.2 Å². The molecule has 0 radical (unpaired) electrons. The van der Waals surface area contributed by atoms with Crippen molar-refractivity contribution in [2.45, 2.75) is 38.4 Å². The summed E-state index contributed by atoms with van der Waals surface area (Å²) in [6.07, 6.45) is 5.63. The topological polar surface area (TPSA) is 104 Å². The van der Waals surface area contributed by atoms with Crippen LogP contribution < -0.4 is 11.1 Å². The normalized spacial score (nSPS) is 15.7. The van der Waals surface area contributed by atoms with Crippen LogP contribution in [0, 0.1) is 0 Å². The molecule has 7 nitrogen and oxygen atoms in total. The van der Waals surface area contributed by atoms with Crippen molar-refractivity contribution in [3.05, 3.63) is 88.0 Å². The van der Waals surface area contributed by atoms with Gasteiger partial charge in [0.05, 0.1) is 0 Å². The number of hydrogen-bond donors (Lipinski definition) is 3. The van der Waals surface area contributed by atoms with Crippen LogP contribution in [0.2, 0.25) is 5.02 Å². The zero-order valence-corrected chi connectivity index (χ0v) is 18.4. The maximum atomic E-state index is 13.1. The number of nitrogens with two attached hydrogens (primary N) is 1. The number of halogens is 1. The molecule has 2 amide bonds. The molecule has 0 aliphatic carbocycles. The Kier molecular flexibility index (Phi) is 6.87. The lowest BCUT2D eigenvalue weighted by Crippen LogP contribution is -2.45. The van der Waals surface area contributed by atoms with E-state index >= 15 is 0 Å². The molecule has 1 aliphatic rings. The van der Waals surface area contributed by atoms with Gasteiger partial charge in [0.2, 0.25) is 5.91 Å². The van der Waals surface area contributed by atoms with Crippen molar-refractivity contribution in [3.8, 4) is 0 Å². The summed E-state index contributed by atoms with van der Waals surface area (Å²) in [5.74, 6) is -0.334. The highest BCUT2D eigenvalue weighted by molar-refractivity contribution is 6.30. The molecule has 1 atom stereocenters. The van der Waals surface area contributed by atoms with Crippen molar-refractivity contribution in [1.82, 2.24) is 20.2 Å². The lowest BCUT2D eigenvalue weighted by molar-refractivity contribution is -0.125. The molecule has 2 aromatic heterocycles. The van der Waals surface area contributed by atoms with Gasteiger partial charge in [-0.3, -0.25) is 14.6 Å². The Balaban J connectivity index is 1.40. The molecular formula is C24H26ClN5O2. The van der Waals surface area contributed by atoms with Crippen LogP contribution in [0.1, 0.15) is 45.7 Å². The highest BCUT2D eigenvalue weighted by atomic mass is 35.5. The average Bonchev–Trinajstić information content (AvgIpc) is 3.48. The second kappa shape index (κ2) is 9.97. The molecule has 32 heavy (non-hydrogen) atoms. The summed E-state index contributed by atoms with van der Waals surface area (Å²) < 4.78 is 0. The number of nitrogens with zero attached hydrogens (tertiary/aromatic N) is 2. The zero-order chi connectivity index (χ0) is 22.5. The SMILES string of the molecule is NCc1ccc(Cl)cc1CNC(=O)[C@@H]1CCCN1C(=O)c1cc(Cc2ccccn2)c[nH]1. The number of pyridine rings is 1. The number of H-pyrrole nitrogens is 1. The summed E-state index contributed by atoms with van der Waals surface area (Å²) in [5.41, 5.74) is 9.99. The average molecular weight is 452 g/mol. The van der Waals surface area contributed by atoms with Gasteiger partial charge in [-0.2, -0.15) is 0 Å². The van der Waals surface area contributed by atoms with Crippen LogP contribution in [0.25, 0.3) is 0 Å². The van der Waals surface area contributed by atoms with E-state index in [9.17, 15) is 9.59 Å². The van der Waals surface area contributed by atoms with Crippen LogP contribution in [0.4, 0.5) is 0 Å². The highest BCUT2D eigenvalue weighted by Gasteiger charge is 2.35. The lowest BCUT2D eigenvalue weighted by atomic mass is 10.1. The van der Waals surface area contributed by atoms with E-state index in [0.717, 1.165) is 28.8 Å². The van der Waals surface area contributed by atoms with Crippen molar-refractivity contribution in [1.29, 1.82) is 0 Å². The van der Waals surface area contributed by atoms with E-state index in [-0.39, 0.29) is 11.8 Å². The first-order chi connectivity index (χ1) is 15.5. The Labute approximate surface area is 192 Å². The van der Waals surface area contributed by atoms with Crippen molar-refractivity contribution in [2.24, 2.45) is 5.73 Å². The first-order valence-electron chi connectivity index (χ1n) is 10.7. The van der Waals surface area contributed by atoms with E-state index in [1.807, 2.05) is 42.6 Å². The van der Waals surface area contributed by atoms with Gasteiger partial charge in [-0.25, -0.2) is 0 Å². The Bertz CT molecular complexity index is 1100. The highest BCUT2D eigenvalue weighted by Crippen LogP contribution is 2.22. The van der Waals surface area contributed by atoms with Crippen molar-refractivity contribution >= 4 is 23.4 Å². The third-order valence-electron chi connectivity index (χ3n) is 5.74. The molecular weight excluding hydrogens is 426 g/mol. The second-order valence-corrected chi connectivity index (χ2v) is 8.35. The number of aromatic nitrogens is 2. The summed E-state index contributed by atoms with van der Waals surface area (Å²) in [6, 6.07) is 12.6. The van der Waals surface area contributed by atoms with Crippen molar-refractivity contribution in [2.75, 3.05) is 6.54 Å². The second-order valence-electron chi connectivity index (χ2n) is 7.91. The van der Waals surface area contributed by atoms with Crippen LogP contribution in [-0.4, -0.2) is 39.3 Å². The predicted octanol–water partition coefficient (Wildman–Crippen LogP) is 3.03. The molecule has 1 saturated heterocycles. The number of rotatable bonds is 7. The van der Waals surface area contributed by atoms with Crippen LogP contribution in [0.5, 0.6) is 0 Å². The minimum Gasteiger partial charge on any atom is -0.357 e. The van der Waals surface area contributed by atoms with E-state index in [2.05, 4.69) is 15.3 Å². The molecule has 0 unspecified atom stereocenters. The lowest BCUT2D eigenvalue weighted by Gasteiger charge is -2.23. The molecule has 166 valence electrons. The summed E-state index contributed by atoms with van der Waals surface area (Å²) >= 11 is 6.09. The maximum Gasteiger partial charge on any atom is 0.270 e. The molecule has 3 aromatic rings. The monoisotopic (exact) mass is 451 g/mol. The minimum atomic E-state index is -0.495. The summed E-state index contributed by atoms with van der Waals surface area (Å²) in [5, 5.41) is 3.55. The van der Waals surface area contributed by atoms with E-state index in [1.165, 1.54) is 0 Å². The Hall–Kier alpha value is -3.16. The van der Waals surface area contributed by atoms with Crippen LogP contribution in [0.15, 0.2) is 54.9 Å². The predicted molar refractivity (Wildman–Crippen MR) is 123 cm³/mol. The maximum absolute atomic E-state index is 13.1. The minimum absolute atomic E-state index is 0.166. The first-order valence-corrected chi connectivity index (χ1v) is 11.1. The fourth-order valence-corrected chi connectivity index (χ4v) is 4.27. The molecule has 3 heterocycles. The van der Waals surface area contributed by atoms with Gasteiger partial charge in [-0.1, -0.05) is 23.7 Å². The Morgan fingerprint density at radius 1 is 1.22 bits per heavy atom. The fraction of sp³-hybridized carbons (Fsp3) is 0.292. The van der Waals surface area contributed by atoms with Gasteiger partial charge in [0.1, 0.15) is 11.7 Å². The third kappa shape index (κ3) is 5.00. The van der Waals surface area contributed by atoms with Gasteiger partial charge < -0.3 is 20.9 Å². The molecule has 1 fully saturated rings. The molecule has 1 aliphatic heterocycles. The van der Waals surface area contributed by atoms with Crippen LogP contribution in [-0.2, 0) is 24.3 Å². The van der Waals surface area contributed by atoms with Gasteiger partial charge in [-0.15, -0.1) is 0 Å².